The number of nitrogens with zero attached hydrogens (tertiary/aromatic N) is 2. The third-order valence-electron chi connectivity index (χ3n) is 5.78. The summed E-state index contributed by atoms with van der Waals surface area (Å²) in [4.78, 5) is 27.9. The summed E-state index contributed by atoms with van der Waals surface area (Å²) in [6, 6.07) is 11.6. The van der Waals surface area contributed by atoms with Crippen LogP contribution in [0.3, 0.4) is 0 Å². The summed E-state index contributed by atoms with van der Waals surface area (Å²) in [6.07, 6.45) is 3.50. The zero-order valence-electron chi connectivity index (χ0n) is 21.0. The maximum Gasteiger partial charge on any atom is 0.242 e. The van der Waals surface area contributed by atoms with E-state index in [2.05, 4.69) is 5.32 Å². The average Bonchev–Trinajstić information content (AvgIpc) is 2.83. The first kappa shape index (κ1) is 29.6. The van der Waals surface area contributed by atoms with Gasteiger partial charge in [-0.15, -0.1) is 0 Å². The van der Waals surface area contributed by atoms with Crippen molar-refractivity contribution < 1.29 is 22.4 Å². The fourth-order valence-electron chi connectivity index (χ4n) is 3.85. The number of benzene rings is 2. The third kappa shape index (κ3) is 8.78. The second-order valence-corrected chi connectivity index (χ2v) is 10.9. The minimum absolute atomic E-state index is 0.0242. The normalized spacial score (nSPS) is 12.1. The second kappa shape index (κ2) is 14.2. The summed E-state index contributed by atoms with van der Waals surface area (Å²) in [6.45, 7) is 4.60. The number of nitrogens with one attached hydrogen (secondary N) is 1. The van der Waals surface area contributed by atoms with E-state index in [9.17, 15) is 22.4 Å². The molecule has 1 atom stereocenters. The molecule has 0 fully saturated rings. The highest BCUT2D eigenvalue weighted by Gasteiger charge is 2.29. The van der Waals surface area contributed by atoms with E-state index in [4.69, 9.17) is 11.6 Å². The van der Waals surface area contributed by atoms with Crippen molar-refractivity contribution in [1.82, 2.24) is 10.2 Å². The third-order valence-corrected chi connectivity index (χ3v) is 7.34. The molecule has 2 amide bonds. The molecule has 0 bridgehead atoms. The van der Waals surface area contributed by atoms with Gasteiger partial charge in [0, 0.05) is 31.1 Å². The number of rotatable bonds is 14. The lowest BCUT2D eigenvalue weighted by atomic mass is 10.1. The van der Waals surface area contributed by atoms with Crippen LogP contribution in [0.15, 0.2) is 48.5 Å². The summed E-state index contributed by atoms with van der Waals surface area (Å²) < 4.78 is 39.1. The van der Waals surface area contributed by atoms with Crippen LogP contribution in [0.5, 0.6) is 0 Å². The van der Waals surface area contributed by atoms with Crippen molar-refractivity contribution >= 4 is 39.1 Å². The van der Waals surface area contributed by atoms with E-state index in [0.29, 0.717) is 23.7 Å². The van der Waals surface area contributed by atoms with Crippen molar-refractivity contribution in [2.75, 3.05) is 23.7 Å². The van der Waals surface area contributed by atoms with E-state index in [1.54, 1.807) is 12.1 Å². The quantitative estimate of drug-likeness (QED) is 0.351. The SMILES string of the molecule is CCCCNC(=O)C(CC)N(Cc1ccccc1Cl)C(=O)CCCN(c1ccc(F)cc1)S(C)(=O)=O. The lowest BCUT2D eigenvalue weighted by molar-refractivity contribution is -0.141. The molecule has 2 aromatic rings. The van der Waals surface area contributed by atoms with Gasteiger partial charge in [-0.3, -0.25) is 13.9 Å². The van der Waals surface area contributed by atoms with Gasteiger partial charge in [-0.05, 0) is 55.2 Å². The number of hydrogen-bond donors (Lipinski definition) is 1. The Bertz CT molecular complexity index is 1110. The van der Waals surface area contributed by atoms with Gasteiger partial charge in [-0.25, -0.2) is 12.8 Å². The van der Waals surface area contributed by atoms with Crippen LogP contribution in [0.4, 0.5) is 10.1 Å². The molecule has 198 valence electrons. The van der Waals surface area contributed by atoms with E-state index >= 15 is 0 Å². The van der Waals surface area contributed by atoms with Crippen LogP contribution in [-0.4, -0.2) is 50.5 Å². The van der Waals surface area contributed by atoms with Crippen molar-refractivity contribution in [1.29, 1.82) is 0 Å². The van der Waals surface area contributed by atoms with Crippen molar-refractivity contribution in [3.8, 4) is 0 Å². The molecule has 0 aliphatic heterocycles. The highest BCUT2D eigenvalue weighted by atomic mass is 35.5. The van der Waals surface area contributed by atoms with Gasteiger partial charge in [0.2, 0.25) is 21.8 Å². The van der Waals surface area contributed by atoms with Crippen LogP contribution in [-0.2, 0) is 26.2 Å². The predicted octanol–water partition coefficient (Wildman–Crippen LogP) is 4.75. The topological polar surface area (TPSA) is 86.8 Å². The number of sulfonamides is 1. The smallest absolute Gasteiger partial charge is 0.242 e. The standard InChI is InChI=1S/C26H35ClFN3O4S/c1-4-6-17-29-26(33)24(5-2)30(19-20-10-7-8-11-23(20)27)25(32)12-9-18-31(36(3,34)35)22-15-13-21(28)14-16-22/h7-8,10-11,13-16,24H,4-6,9,12,17-19H2,1-3H3,(H,29,33). The average molecular weight is 540 g/mol. The molecule has 0 heterocycles. The van der Waals surface area contributed by atoms with Gasteiger partial charge in [0.25, 0.3) is 0 Å². The summed E-state index contributed by atoms with van der Waals surface area (Å²) in [5.41, 5.74) is 1.04. The van der Waals surface area contributed by atoms with Gasteiger partial charge >= 0.3 is 0 Å². The first-order valence-corrected chi connectivity index (χ1v) is 14.3. The summed E-state index contributed by atoms with van der Waals surface area (Å²) >= 11 is 6.34. The van der Waals surface area contributed by atoms with Gasteiger partial charge < -0.3 is 10.2 Å². The number of carbonyl (C=O) groups excluding carboxylic acids is 2. The number of anilines is 1. The minimum atomic E-state index is -3.65. The first-order chi connectivity index (χ1) is 17.1. The van der Waals surface area contributed by atoms with Crippen molar-refractivity contribution in [3.05, 3.63) is 64.9 Å². The summed E-state index contributed by atoms with van der Waals surface area (Å²) in [5, 5.41) is 3.40. The second-order valence-electron chi connectivity index (χ2n) is 8.60. The van der Waals surface area contributed by atoms with E-state index < -0.39 is 21.9 Å². The molecular formula is C26H35ClFN3O4S. The fraction of sp³-hybridized carbons (Fsp3) is 0.462. The first-order valence-electron chi connectivity index (χ1n) is 12.1. The maximum absolute atomic E-state index is 13.4. The summed E-state index contributed by atoms with van der Waals surface area (Å²) in [5.74, 6) is -0.976. The zero-order chi connectivity index (χ0) is 26.7. The Kier molecular flexibility index (Phi) is 11.7. The molecular weight excluding hydrogens is 505 g/mol. The van der Waals surface area contributed by atoms with Crippen LogP contribution in [0, 0.1) is 5.82 Å². The van der Waals surface area contributed by atoms with Gasteiger partial charge in [0.15, 0.2) is 0 Å². The molecule has 0 spiro atoms. The summed E-state index contributed by atoms with van der Waals surface area (Å²) in [7, 11) is -3.65. The van der Waals surface area contributed by atoms with Gasteiger partial charge in [0.1, 0.15) is 11.9 Å². The van der Waals surface area contributed by atoms with Crippen LogP contribution in [0.2, 0.25) is 5.02 Å². The van der Waals surface area contributed by atoms with Crippen molar-refractivity contribution in [2.45, 2.75) is 58.5 Å². The van der Waals surface area contributed by atoms with Crippen LogP contribution >= 0.6 is 11.6 Å². The zero-order valence-corrected chi connectivity index (χ0v) is 22.6. The molecule has 7 nitrogen and oxygen atoms in total. The number of halogens is 2. The minimum Gasteiger partial charge on any atom is -0.354 e. The molecule has 0 radical (unpaired) electrons. The Hall–Kier alpha value is -2.65. The Morgan fingerprint density at radius 3 is 2.31 bits per heavy atom. The Morgan fingerprint density at radius 1 is 1.06 bits per heavy atom. The molecule has 36 heavy (non-hydrogen) atoms. The molecule has 2 aromatic carbocycles. The van der Waals surface area contributed by atoms with E-state index in [0.717, 1.165) is 29.0 Å². The highest BCUT2D eigenvalue weighted by molar-refractivity contribution is 7.92. The molecule has 0 aliphatic rings. The molecule has 2 rings (SSSR count). The lowest BCUT2D eigenvalue weighted by Crippen LogP contribution is -2.49. The molecule has 0 aromatic heterocycles. The lowest BCUT2D eigenvalue weighted by Gasteiger charge is -2.31. The molecule has 10 heteroatoms. The van der Waals surface area contributed by atoms with Crippen LogP contribution in [0.1, 0.15) is 51.5 Å². The van der Waals surface area contributed by atoms with Crippen molar-refractivity contribution in [3.63, 3.8) is 0 Å². The Labute approximate surface area is 218 Å². The van der Waals surface area contributed by atoms with E-state index in [1.807, 2.05) is 26.0 Å². The molecule has 0 saturated carbocycles. The number of hydrogen-bond acceptors (Lipinski definition) is 4. The fourth-order valence-corrected chi connectivity index (χ4v) is 5.01. The van der Waals surface area contributed by atoms with E-state index in [1.165, 1.54) is 29.2 Å². The molecule has 1 unspecified atom stereocenters. The number of amides is 2. The molecule has 1 N–H and O–H groups in total. The van der Waals surface area contributed by atoms with Gasteiger partial charge in [-0.1, -0.05) is 50.1 Å². The van der Waals surface area contributed by atoms with Crippen molar-refractivity contribution in [2.24, 2.45) is 0 Å². The van der Waals surface area contributed by atoms with Gasteiger partial charge in [0.05, 0.1) is 11.9 Å². The highest BCUT2D eigenvalue weighted by Crippen LogP contribution is 2.22. The molecule has 0 aliphatic carbocycles. The van der Waals surface area contributed by atoms with Crippen LogP contribution < -0.4 is 9.62 Å². The predicted molar refractivity (Wildman–Crippen MR) is 142 cm³/mol. The monoisotopic (exact) mass is 539 g/mol. The molecule has 0 saturated heterocycles. The largest absolute Gasteiger partial charge is 0.354 e. The number of carbonyl (C=O) groups is 2. The number of unbranched alkanes of at least 4 members (excludes halogenated alkanes) is 1. The van der Waals surface area contributed by atoms with Gasteiger partial charge in [-0.2, -0.15) is 0 Å². The Morgan fingerprint density at radius 2 is 1.72 bits per heavy atom. The van der Waals surface area contributed by atoms with Crippen LogP contribution in [0.25, 0.3) is 0 Å². The van der Waals surface area contributed by atoms with E-state index in [-0.39, 0.29) is 37.7 Å². The Balaban J connectivity index is 2.20. The maximum atomic E-state index is 13.4.